The van der Waals surface area contributed by atoms with Crippen LogP contribution in [0.25, 0.3) is 0 Å². The molecule has 4 nitrogen and oxygen atoms in total. The lowest BCUT2D eigenvalue weighted by atomic mass is 9.88. The summed E-state index contributed by atoms with van der Waals surface area (Å²) < 4.78 is 7.66. The SMILES string of the molecule is CNC(c1cnn(C)c1)C1(OC)CCCC1. The van der Waals surface area contributed by atoms with Crippen LogP contribution in [-0.2, 0) is 11.8 Å². The lowest BCUT2D eigenvalue weighted by molar-refractivity contribution is -0.0349. The Morgan fingerprint density at radius 1 is 1.50 bits per heavy atom. The Morgan fingerprint density at radius 2 is 2.19 bits per heavy atom. The molecule has 0 radical (unpaired) electrons. The highest BCUT2D eigenvalue weighted by molar-refractivity contribution is 5.17. The monoisotopic (exact) mass is 223 g/mol. The minimum Gasteiger partial charge on any atom is -0.376 e. The third-order valence-corrected chi connectivity index (χ3v) is 3.73. The van der Waals surface area contributed by atoms with Crippen LogP contribution in [0.2, 0.25) is 0 Å². The Labute approximate surface area is 97.0 Å². The summed E-state index contributed by atoms with van der Waals surface area (Å²) in [5.74, 6) is 0. The van der Waals surface area contributed by atoms with E-state index < -0.39 is 0 Å². The minimum atomic E-state index is -0.0439. The van der Waals surface area contributed by atoms with E-state index in [-0.39, 0.29) is 11.6 Å². The minimum absolute atomic E-state index is 0.0439. The van der Waals surface area contributed by atoms with Crippen LogP contribution >= 0.6 is 0 Å². The Hall–Kier alpha value is -0.870. The molecule has 1 aliphatic carbocycles. The van der Waals surface area contributed by atoms with E-state index in [1.54, 1.807) is 0 Å². The van der Waals surface area contributed by atoms with E-state index in [0.29, 0.717) is 0 Å². The van der Waals surface area contributed by atoms with Gasteiger partial charge in [0.25, 0.3) is 0 Å². The predicted molar refractivity (Wildman–Crippen MR) is 63.2 cm³/mol. The van der Waals surface area contributed by atoms with Crippen molar-refractivity contribution < 1.29 is 4.74 Å². The number of ether oxygens (including phenoxy) is 1. The first-order chi connectivity index (χ1) is 7.72. The van der Waals surface area contributed by atoms with Crippen LogP contribution in [0.4, 0.5) is 0 Å². The summed E-state index contributed by atoms with van der Waals surface area (Å²) in [6, 6.07) is 0.244. The fourth-order valence-corrected chi connectivity index (χ4v) is 2.91. The summed E-state index contributed by atoms with van der Waals surface area (Å²) in [5, 5.41) is 7.63. The number of rotatable bonds is 4. The third kappa shape index (κ3) is 1.87. The molecule has 1 unspecified atom stereocenters. The van der Waals surface area contributed by atoms with Gasteiger partial charge in [-0.25, -0.2) is 0 Å². The van der Waals surface area contributed by atoms with Crippen LogP contribution in [-0.4, -0.2) is 29.5 Å². The molecule has 0 saturated heterocycles. The summed E-state index contributed by atoms with van der Waals surface area (Å²) in [6.45, 7) is 0. The molecule has 1 atom stereocenters. The van der Waals surface area contributed by atoms with Gasteiger partial charge in [0.2, 0.25) is 0 Å². The van der Waals surface area contributed by atoms with Crippen molar-refractivity contribution in [3.63, 3.8) is 0 Å². The van der Waals surface area contributed by atoms with Gasteiger partial charge in [-0.15, -0.1) is 0 Å². The number of aromatic nitrogens is 2. The first-order valence-electron chi connectivity index (χ1n) is 5.93. The fraction of sp³-hybridized carbons (Fsp3) is 0.750. The molecule has 0 bridgehead atoms. The maximum absolute atomic E-state index is 5.82. The quantitative estimate of drug-likeness (QED) is 0.843. The zero-order chi connectivity index (χ0) is 11.6. The molecule has 1 saturated carbocycles. The van der Waals surface area contributed by atoms with Crippen LogP contribution in [0.15, 0.2) is 12.4 Å². The molecular formula is C12H21N3O. The molecule has 1 aromatic heterocycles. The van der Waals surface area contributed by atoms with E-state index in [9.17, 15) is 0 Å². The number of likely N-dealkylation sites (N-methyl/N-ethyl adjacent to an activating group) is 1. The Balaban J connectivity index is 2.27. The van der Waals surface area contributed by atoms with Crippen LogP contribution < -0.4 is 5.32 Å². The lowest BCUT2D eigenvalue weighted by Gasteiger charge is -2.35. The van der Waals surface area contributed by atoms with E-state index in [0.717, 1.165) is 12.8 Å². The maximum Gasteiger partial charge on any atom is 0.0873 e. The molecule has 90 valence electrons. The normalized spacial score (nSPS) is 21.2. The fourth-order valence-electron chi connectivity index (χ4n) is 2.91. The van der Waals surface area contributed by atoms with Crippen LogP contribution in [0, 0.1) is 0 Å². The van der Waals surface area contributed by atoms with Crippen molar-refractivity contribution in [1.82, 2.24) is 15.1 Å². The van der Waals surface area contributed by atoms with Gasteiger partial charge in [-0.3, -0.25) is 4.68 Å². The van der Waals surface area contributed by atoms with Crippen LogP contribution in [0.3, 0.4) is 0 Å². The molecule has 1 aliphatic rings. The second-order valence-corrected chi connectivity index (χ2v) is 4.65. The Bertz CT molecular complexity index is 342. The van der Waals surface area contributed by atoms with Gasteiger partial charge >= 0.3 is 0 Å². The van der Waals surface area contributed by atoms with Crippen molar-refractivity contribution in [3.8, 4) is 0 Å². The molecule has 1 heterocycles. The molecule has 0 aromatic carbocycles. The summed E-state index contributed by atoms with van der Waals surface area (Å²) >= 11 is 0. The number of aryl methyl sites for hydroxylation is 1. The topological polar surface area (TPSA) is 39.1 Å². The summed E-state index contributed by atoms with van der Waals surface area (Å²) in [6.07, 6.45) is 8.77. The van der Waals surface area contributed by atoms with Gasteiger partial charge in [0.05, 0.1) is 17.8 Å². The van der Waals surface area contributed by atoms with Crippen molar-refractivity contribution in [1.29, 1.82) is 0 Å². The predicted octanol–water partition coefficient (Wildman–Crippen LogP) is 1.64. The molecule has 1 fully saturated rings. The van der Waals surface area contributed by atoms with Crippen LogP contribution in [0.1, 0.15) is 37.3 Å². The highest BCUT2D eigenvalue weighted by atomic mass is 16.5. The van der Waals surface area contributed by atoms with E-state index >= 15 is 0 Å². The highest BCUT2D eigenvalue weighted by Crippen LogP contribution is 2.42. The standard InChI is InChI=1S/C12H21N3O/c1-13-11(10-8-14-15(2)9-10)12(16-3)6-4-5-7-12/h8-9,11,13H,4-7H2,1-3H3. The second kappa shape index (κ2) is 4.55. The molecule has 1 aromatic rings. The molecular weight excluding hydrogens is 202 g/mol. The average Bonchev–Trinajstić information content (AvgIpc) is 2.90. The van der Waals surface area contributed by atoms with E-state index in [1.165, 1.54) is 18.4 Å². The number of nitrogens with one attached hydrogen (secondary N) is 1. The molecule has 0 amide bonds. The van der Waals surface area contributed by atoms with E-state index in [1.807, 2.05) is 32.1 Å². The number of hydrogen-bond acceptors (Lipinski definition) is 3. The lowest BCUT2D eigenvalue weighted by Crippen LogP contribution is -2.42. The summed E-state index contributed by atoms with van der Waals surface area (Å²) in [5.41, 5.74) is 1.17. The van der Waals surface area contributed by atoms with Gasteiger partial charge < -0.3 is 10.1 Å². The summed E-state index contributed by atoms with van der Waals surface area (Å²) in [4.78, 5) is 0. The maximum atomic E-state index is 5.82. The Kier molecular flexibility index (Phi) is 3.30. The van der Waals surface area contributed by atoms with E-state index in [4.69, 9.17) is 4.74 Å². The molecule has 16 heavy (non-hydrogen) atoms. The molecule has 2 rings (SSSR count). The van der Waals surface area contributed by atoms with Crippen LogP contribution in [0.5, 0.6) is 0 Å². The van der Waals surface area contributed by atoms with Crippen molar-refractivity contribution in [2.75, 3.05) is 14.2 Å². The number of nitrogens with zero attached hydrogens (tertiary/aromatic N) is 2. The van der Waals surface area contributed by atoms with Gasteiger partial charge in [-0.05, 0) is 19.9 Å². The Morgan fingerprint density at radius 3 is 2.62 bits per heavy atom. The average molecular weight is 223 g/mol. The largest absolute Gasteiger partial charge is 0.376 e. The van der Waals surface area contributed by atoms with Crippen molar-refractivity contribution >= 4 is 0 Å². The van der Waals surface area contributed by atoms with Crippen molar-refractivity contribution in [2.45, 2.75) is 37.3 Å². The zero-order valence-electron chi connectivity index (χ0n) is 10.4. The van der Waals surface area contributed by atoms with Gasteiger partial charge in [-0.2, -0.15) is 5.10 Å². The smallest absolute Gasteiger partial charge is 0.0873 e. The second-order valence-electron chi connectivity index (χ2n) is 4.65. The van der Waals surface area contributed by atoms with Gasteiger partial charge in [-0.1, -0.05) is 12.8 Å². The molecule has 1 N–H and O–H groups in total. The van der Waals surface area contributed by atoms with Gasteiger partial charge in [0.15, 0.2) is 0 Å². The molecule has 0 aliphatic heterocycles. The first kappa shape index (κ1) is 11.6. The highest BCUT2D eigenvalue weighted by Gasteiger charge is 2.42. The van der Waals surface area contributed by atoms with Crippen molar-refractivity contribution in [3.05, 3.63) is 18.0 Å². The molecule has 4 heteroatoms. The van der Waals surface area contributed by atoms with Crippen molar-refractivity contribution in [2.24, 2.45) is 7.05 Å². The first-order valence-corrected chi connectivity index (χ1v) is 5.93. The summed E-state index contributed by atoms with van der Waals surface area (Å²) in [7, 11) is 5.77. The van der Waals surface area contributed by atoms with Gasteiger partial charge in [0.1, 0.15) is 0 Å². The number of methoxy groups -OCH3 is 1. The molecule has 0 spiro atoms. The van der Waals surface area contributed by atoms with E-state index in [2.05, 4.69) is 16.6 Å². The zero-order valence-corrected chi connectivity index (χ0v) is 10.4. The number of hydrogen-bond donors (Lipinski definition) is 1. The third-order valence-electron chi connectivity index (χ3n) is 3.73. The van der Waals surface area contributed by atoms with Gasteiger partial charge in [0, 0.05) is 25.9 Å².